The quantitative estimate of drug-likeness (QED) is 0.842. The third-order valence-electron chi connectivity index (χ3n) is 4.53. The Labute approximate surface area is 124 Å². The van der Waals surface area contributed by atoms with Crippen molar-refractivity contribution >= 4 is 17.2 Å². The number of para-hydroxylation sites is 2. The number of rotatable bonds is 1. The van der Waals surface area contributed by atoms with Crippen LogP contribution in [0.25, 0.3) is 0 Å². The van der Waals surface area contributed by atoms with Gasteiger partial charge in [-0.25, -0.2) is 0 Å². The molecule has 0 radical (unpaired) electrons. The van der Waals surface area contributed by atoms with Crippen molar-refractivity contribution in [3.63, 3.8) is 0 Å². The lowest BCUT2D eigenvalue weighted by molar-refractivity contribution is -0.119. The van der Waals surface area contributed by atoms with E-state index in [1.807, 2.05) is 24.3 Å². The normalized spacial score (nSPS) is 23.5. The predicted molar refractivity (Wildman–Crippen MR) is 84.7 cm³/mol. The van der Waals surface area contributed by atoms with Gasteiger partial charge in [-0.15, -0.1) is 0 Å². The third kappa shape index (κ3) is 2.19. The summed E-state index contributed by atoms with van der Waals surface area (Å²) in [7, 11) is 0. The molecule has 0 fully saturated rings. The Hall–Kier alpha value is -2.29. The third-order valence-corrected chi connectivity index (χ3v) is 4.53. The Morgan fingerprint density at radius 1 is 0.857 bits per heavy atom. The number of hydrogen-bond acceptors (Lipinski definition) is 3. The molecule has 0 bridgehead atoms. The van der Waals surface area contributed by atoms with E-state index in [1.165, 1.54) is 11.3 Å². The maximum absolute atomic E-state index is 12.5. The largest absolute Gasteiger partial charge is 0.380 e. The first-order chi connectivity index (χ1) is 10.3. The van der Waals surface area contributed by atoms with Gasteiger partial charge < -0.3 is 10.6 Å². The molecule has 2 heterocycles. The Kier molecular flexibility index (Phi) is 2.92. The van der Waals surface area contributed by atoms with E-state index in [1.54, 1.807) is 0 Å². The van der Waals surface area contributed by atoms with Crippen molar-refractivity contribution in [3.8, 4) is 0 Å². The van der Waals surface area contributed by atoms with Crippen molar-refractivity contribution in [3.05, 3.63) is 59.7 Å². The average Bonchev–Trinajstić information content (AvgIpc) is 2.54. The van der Waals surface area contributed by atoms with Crippen LogP contribution in [0.3, 0.4) is 0 Å². The molecule has 21 heavy (non-hydrogen) atoms. The predicted octanol–water partition coefficient (Wildman–Crippen LogP) is 3.02. The highest BCUT2D eigenvalue weighted by Crippen LogP contribution is 2.30. The molecule has 2 atom stereocenters. The fourth-order valence-electron chi connectivity index (χ4n) is 3.40. The van der Waals surface area contributed by atoms with Gasteiger partial charge in [0, 0.05) is 17.8 Å². The second kappa shape index (κ2) is 4.92. The van der Waals surface area contributed by atoms with Crippen molar-refractivity contribution in [1.82, 2.24) is 0 Å². The van der Waals surface area contributed by atoms with E-state index in [4.69, 9.17) is 0 Å². The van der Waals surface area contributed by atoms with Crippen LogP contribution in [0, 0.1) is 0 Å². The molecule has 4 rings (SSSR count). The molecule has 2 aliphatic rings. The summed E-state index contributed by atoms with van der Waals surface area (Å²) in [6, 6.07) is 16.5. The molecule has 2 unspecified atom stereocenters. The van der Waals surface area contributed by atoms with Gasteiger partial charge in [0.2, 0.25) is 0 Å². The highest BCUT2D eigenvalue weighted by Gasteiger charge is 2.33. The molecule has 2 aromatic rings. The molecule has 2 aromatic carbocycles. The zero-order chi connectivity index (χ0) is 14.2. The van der Waals surface area contributed by atoms with Crippen LogP contribution in [0.15, 0.2) is 48.5 Å². The molecule has 2 aliphatic heterocycles. The first kappa shape index (κ1) is 12.5. The Bertz CT molecular complexity index is 695. The molecular weight excluding hydrogens is 260 g/mol. The van der Waals surface area contributed by atoms with E-state index in [0.717, 1.165) is 24.1 Å². The van der Waals surface area contributed by atoms with E-state index >= 15 is 0 Å². The molecule has 3 nitrogen and oxygen atoms in total. The first-order valence-electron chi connectivity index (χ1n) is 7.53. The second-order valence-electron chi connectivity index (χ2n) is 5.87. The number of anilines is 2. The lowest BCUT2D eigenvalue weighted by atomic mass is 9.87. The number of fused-ring (bicyclic) bond motifs is 2. The maximum atomic E-state index is 12.5. The Morgan fingerprint density at radius 2 is 1.52 bits per heavy atom. The minimum Gasteiger partial charge on any atom is -0.380 e. The summed E-state index contributed by atoms with van der Waals surface area (Å²) in [6.45, 7) is 0. The fraction of sp³-hybridized carbons (Fsp3) is 0.278. The molecule has 0 spiro atoms. The second-order valence-corrected chi connectivity index (χ2v) is 5.87. The van der Waals surface area contributed by atoms with Crippen LogP contribution in [0.1, 0.15) is 17.5 Å². The summed E-state index contributed by atoms with van der Waals surface area (Å²) >= 11 is 0. The van der Waals surface area contributed by atoms with Crippen molar-refractivity contribution in [2.45, 2.75) is 31.3 Å². The van der Waals surface area contributed by atoms with E-state index in [0.29, 0.717) is 6.42 Å². The number of aryl methyl sites for hydroxylation is 1. The number of Topliss-reactive ketones (excluding diaryl/α,β-unsaturated/α-hetero) is 1. The summed E-state index contributed by atoms with van der Waals surface area (Å²) in [6.07, 6.45) is 2.55. The van der Waals surface area contributed by atoms with Crippen LogP contribution in [0.4, 0.5) is 11.4 Å². The summed E-state index contributed by atoms with van der Waals surface area (Å²) < 4.78 is 0. The van der Waals surface area contributed by atoms with E-state index in [-0.39, 0.29) is 17.9 Å². The van der Waals surface area contributed by atoms with Crippen LogP contribution in [-0.2, 0) is 17.6 Å². The van der Waals surface area contributed by atoms with Gasteiger partial charge in [-0.2, -0.15) is 0 Å². The maximum Gasteiger partial charge on any atom is 0.161 e. The van der Waals surface area contributed by atoms with Crippen LogP contribution < -0.4 is 10.6 Å². The van der Waals surface area contributed by atoms with E-state index < -0.39 is 0 Å². The molecular formula is C18H18N2O. The summed E-state index contributed by atoms with van der Waals surface area (Å²) in [5.41, 5.74) is 4.72. The van der Waals surface area contributed by atoms with Crippen molar-refractivity contribution < 1.29 is 4.79 Å². The summed E-state index contributed by atoms with van der Waals surface area (Å²) in [5.74, 6) is 0.283. The Balaban J connectivity index is 1.59. The van der Waals surface area contributed by atoms with Gasteiger partial charge in [0.25, 0.3) is 0 Å². The molecule has 0 saturated heterocycles. The summed E-state index contributed by atoms with van der Waals surface area (Å²) in [4.78, 5) is 12.5. The molecule has 3 heteroatoms. The molecule has 106 valence electrons. The fourth-order valence-corrected chi connectivity index (χ4v) is 3.40. The SMILES string of the molecule is O=C1Cc2ccccc2NC1C1CCc2ccccc2N1. The number of hydrogen-bond donors (Lipinski definition) is 2. The van der Waals surface area contributed by atoms with Crippen molar-refractivity contribution in [2.75, 3.05) is 10.6 Å². The molecule has 0 amide bonds. The van der Waals surface area contributed by atoms with E-state index in [2.05, 4.69) is 34.9 Å². The monoisotopic (exact) mass is 278 g/mol. The highest BCUT2D eigenvalue weighted by atomic mass is 16.1. The van der Waals surface area contributed by atoms with Crippen molar-refractivity contribution in [1.29, 1.82) is 0 Å². The van der Waals surface area contributed by atoms with Gasteiger partial charge in [-0.05, 0) is 36.1 Å². The minimum absolute atomic E-state index is 0.131. The molecule has 2 N–H and O–H groups in total. The van der Waals surface area contributed by atoms with Gasteiger partial charge >= 0.3 is 0 Å². The minimum atomic E-state index is -0.131. The Morgan fingerprint density at radius 3 is 2.33 bits per heavy atom. The van der Waals surface area contributed by atoms with Gasteiger partial charge in [0.15, 0.2) is 5.78 Å². The topological polar surface area (TPSA) is 41.1 Å². The first-order valence-corrected chi connectivity index (χ1v) is 7.53. The van der Waals surface area contributed by atoms with Crippen molar-refractivity contribution in [2.24, 2.45) is 0 Å². The standard InChI is InChI=1S/C18H18N2O/c21-17-11-13-6-2-4-8-15(13)20-18(17)16-10-9-12-5-1-3-7-14(12)19-16/h1-8,16,18-20H,9-11H2. The smallest absolute Gasteiger partial charge is 0.161 e. The zero-order valence-corrected chi connectivity index (χ0v) is 11.8. The van der Waals surface area contributed by atoms with Crippen LogP contribution in [-0.4, -0.2) is 17.9 Å². The van der Waals surface area contributed by atoms with E-state index in [9.17, 15) is 4.79 Å². The molecule has 0 aromatic heterocycles. The average molecular weight is 278 g/mol. The van der Waals surface area contributed by atoms with Gasteiger partial charge in [-0.1, -0.05) is 36.4 Å². The number of carbonyl (C=O) groups is 1. The lowest BCUT2D eigenvalue weighted by Gasteiger charge is -2.36. The molecule has 0 saturated carbocycles. The summed E-state index contributed by atoms with van der Waals surface area (Å²) in [5, 5.41) is 6.98. The zero-order valence-electron chi connectivity index (χ0n) is 11.8. The number of carbonyl (C=O) groups excluding carboxylic acids is 1. The lowest BCUT2D eigenvalue weighted by Crippen LogP contribution is -2.49. The van der Waals surface area contributed by atoms with Crippen LogP contribution >= 0.6 is 0 Å². The van der Waals surface area contributed by atoms with Gasteiger partial charge in [-0.3, -0.25) is 4.79 Å². The number of benzene rings is 2. The van der Waals surface area contributed by atoms with Gasteiger partial charge in [0.05, 0.1) is 6.04 Å². The van der Waals surface area contributed by atoms with Crippen LogP contribution in [0.5, 0.6) is 0 Å². The number of ketones is 1. The highest BCUT2D eigenvalue weighted by molar-refractivity contribution is 5.94. The van der Waals surface area contributed by atoms with Crippen LogP contribution in [0.2, 0.25) is 0 Å². The molecule has 0 aliphatic carbocycles. The number of nitrogens with one attached hydrogen (secondary N) is 2. The van der Waals surface area contributed by atoms with Gasteiger partial charge in [0.1, 0.15) is 6.04 Å².